The molecule has 4 nitrogen and oxygen atoms in total. The molecule has 0 aromatic rings. The number of aliphatic carboxylic acids is 1. The van der Waals surface area contributed by atoms with Crippen LogP contribution < -0.4 is 0 Å². The minimum Gasteiger partial charge on any atom is -0.481 e. The van der Waals surface area contributed by atoms with Gasteiger partial charge in [-0.05, 0) is 19.3 Å². The lowest BCUT2D eigenvalue weighted by Crippen LogP contribution is -2.41. The van der Waals surface area contributed by atoms with E-state index in [1.165, 1.54) is 0 Å². The first-order valence-electron chi connectivity index (χ1n) is 5.78. The van der Waals surface area contributed by atoms with E-state index < -0.39 is 5.97 Å². The fraction of sp³-hybridized carbons (Fsp3) is 0.818. The molecule has 90 valence electrons. The second-order valence-electron chi connectivity index (χ2n) is 4.48. The third-order valence-corrected chi connectivity index (χ3v) is 4.40. The molecule has 2 rings (SSSR count). The van der Waals surface area contributed by atoms with Gasteiger partial charge in [-0.15, -0.1) is 0 Å². The number of carboxylic acids is 1. The molecule has 1 aliphatic carbocycles. The lowest BCUT2D eigenvalue weighted by atomic mass is 10.0. The van der Waals surface area contributed by atoms with Crippen LogP contribution in [0.25, 0.3) is 0 Å². The number of amides is 1. The highest BCUT2D eigenvalue weighted by molar-refractivity contribution is 7.99. The van der Waals surface area contributed by atoms with Crippen molar-refractivity contribution < 1.29 is 14.7 Å². The van der Waals surface area contributed by atoms with Crippen molar-refractivity contribution in [1.29, 1.82) is 0 Å². The average Bonchev–Trinajstić information content (AvgIpc) is 2.78. The van der Waals surface area contributed by atoms with Crippen LogP contribution in [0.5, 0.6) is 0 Å². The number of nitrogens with zero attached hydrogens (tertiary/aromatic N) is 1. The van der Waals surface area contributed by atoms with E-state index >= 15 is 0 Å². The number of carbonyl (C=O) groups excluding carboxylic acids is 1. The predicted molar refractivity (Wildman–Crippen MR) is 62.4 cm³/mol. The molecule has 0 bridgehead atoms. The Hall–Kier alpha value is -0.710. The molecule has 1 N–H and O–H groups in total. The lowest BCUT2D eigenvalue weighted by Gasteiger charge is -2.28. The van der Waals surface area contributed by atoms with Crippen LogP contribution in [0, 0.1) is 11.8 Å². The number of hydrogen-bond acceptors (Lipinski definition) is 3. The van der Waals surface area contributed by atoms with Crippen LogP contribution in [0.15, 0.2) is 0 Å². The van der Waals surface area contributed by atoms with E-state index in [0.717, 1.165) is 31.0 Å². The average molecular weight is 243 g/mol. The van der Waals surface area contributed by atoms with E-state index in [-0.39, 0.29) is 17.7 Å². The topological polar surface area (TPSA) is 57.6 Å². The summed E-state index contributed by atoms with van der Waals surface area (Å²) >= 11 is 1.88. The zero-order valence-corrected chi connectivity index (χ0v) is 10.0. The van der Waals surface area contributed by atoms with Gasteiger partial charge in [0, 0.05) is 30.5 Å². The Kier molecular flexibility index (Phi) is 3.74. The van der Waals surface area contributed by atoms with Gasteiger partial charge in [-0.2, -0.15) is 11.8 Å². The Bertz CT molecular complexity index is 289. The highest BCUT2D eigenvalue weighted by Crippen LogP contribution is 2.32. The number of carbonyl (C=O) groups is 2. The van der Waals surface area contributed by atoms with Crippen LogP contribution in [0.1, 0.15) is 19.3 Å². The summed E-state index contributed by atoms with van der Waals surface area (Å²) in [7, 11) is 0. The van der Waals surface area contributed by atoms with E-state index in [1.807, 2.05) is 16.7 Å². The maximum Gasteiger partial charge on any atom is 0.306 e. The smallest absolute Gasteiger partial charge is 0.306 e. The molecule has 1 heterocycles. The van der Waals surface area contributed by atoms with Gasteiger partial charge in [0.2, 0.25) is 5.91 Å². The number of thioether (sulfide) groups is 1. The van der Waals surface area contributed by atoms with Crippen LogP contribution >= 0.6 is 11.8 Å². The van der Waals surface area contributed by atoms with Gasteiger partial charge in [-0.25, -0.2) is 0 Å². The summed E-state index contributed by atoms with van der Waals surface area (Å²) in [6, 6.07) is 0. The fourth-order valence-electron chi connectivity index (χ4n) is 2.47. The molecule has 2 atom stereocenters. The van der Waals surface area contributed by atoms with Crippen molar-refractivity contribution in [2.24, 2.45) is 11.8 Å². The highest BCUT2D eigenvalue weighted by atomic mass is 32.2. The SMILES string of the molecule is O=C(O)[C@@H]1CC[C@H](C(=O)N2CCSCC2)C1. The summed E-state index contributed by atoms with van der Waals surface area (Å²) in [4.78, 5) is 24.8. The molecule has 1 saturated heterocycles. The van der Waals surface area contributed by atoms with Crippen molar-refractivity contribution in [1.82, 2.24) is 4.90 Å². The van der Waals surface area contributed by atoms with E-state index in [9.17, 15) is 9.59 Å². The third kappa shape index (κ3) is 2.51. The zero-order chi connectivity index (χ0) is 11.5. The summed E-state index contributed by atoms with van der Waals surface area (Å²) < 4.78 is 0. The normalized spacial score (nSPS) is 30.4. The molecular weight excluding hydrogens is 226 g/mol. The molecule has 0 aromatic carbocycles. The van der Waals surface area contributed by atoms with Gasteiger partial charge in [0.25, 0.3) is 0 Å². The second kappa shape index (κ2) is 5.08. The molecule has 16 heavy (non-hydrogen) atoms. The Morgan fingerprint density at radius 3 is 2.31 bits per heavy atom. The van der Waals surface area contributed by atoms with Gasteiger partial charge in [0.15, 0.2) is 0 Å². The minimum absolute atomic E-state index is 0.0378. The number of rotatable bonds is 2. The summed E-state index contributed by atoms with van der Waals surface area (Å²) in [5.74, 6) is 1.13. The molecule has 0 aromatic heterocycles. The monoisotopic (exact) mass is 243 g/mol. The molecule has 2 fully saturated rings. The maximum atomic E-state index is 12.1. The molecule has 2 aliphatic rings. The van der Waals surface area contributed by atoms with Gasteiger partial charge < -0.3 is 10.0 Å². The standard InChI is InChI=1S/C11H17NO3S/c13-10(12-3-5-16-6-4-12)8-1-2-9(7-8)11(14)15/h8-9H,1-7H2,(H,14,15)/t8-,9+/m0/s1. The van der Waals surface area contributed by atoms with Crippen LogP contribution in [0.3, 0.4) is 0 Å². The van der Waals surface area contributed by atoms with Crippen LogP contribution in [-0.2, 0) is 9.59 Å². The zero-order valence-electron chi connectivity index (χ0n) is 9.22. The molecular formula is C11H17NO3S. The van der Waals surface area contributed by atoms with E-state index in [1.54, 1.807) is 0 Å². The van der Waals surface area contributed by atoms with Crippen molar-refractivity contribution >= 4 is 23.6 Å². The third-order valence-electron chi connectivity index (χ3n) is 3.45. The number of carboxylic acid groups (broad SMARTS) is 1. The first-order chi connectivity index (χ1) is 7.68. The van der Waals surface area contributed by atoms with Gasteiger partial charge in [0.1, 0.15) is 0 Å². The van der Waals surface area contributed by atoms with E-state index in [4.69, 9.17) is 5.11 Å². The molecule has 5 heteroatoms. The van der Waals surface area contributed by atoms with Crippen molar-refractivity contribution in [3.05, 3.63) is 0 Å². The molecule has 0 unspecified atom stereocenters. The van der Waals surface area contributed by atoms with E-state index in [2.05, 4.69) is 0 Å². The van der Waals surface area contributed by atoms with E-state index in [0.29, 0.717) is 12.8 Å². The molecule has 1 amide bonds. The largest absolute Gasteiger partial charge is 0.481 e. The van der Waals surface area contributed by atoms with Crippen LogP contribution in [-0.4, -0.2) is 46.5 Å². The minimum atomic E-state index is -0.746. The van der Waals surface area contributed by atoms with Crippen molar-refractivity contribution in [2.75, 3.05) is 24.6 Å². The quantitative estimate of drug-likeness (QED) is 0.788. The first kappa shape index (κ1) is 11.8. The number of hydrogen-bond donors (Lipinski definition) is 1. The summed E-state index contributed by atoms with van der Waals surface area (Å²) in [5, 5.41) is 8.89. The summed E-state index contributed by atoms with van der Waals surface area (Å²) in [5.41, 5.74) is 0. The van der Waals surface area contributed by atoms with Gasteiger partial charge in [-0.1, -0.05) is 0 Å². The molecule has 0 spiro atoms. The Balaban J connectivity index is 1.88. The first-order valence-corrected chi connectivity index (χ1v) is 6.93. The molecule has 1 saturated carbocycles. The van der Waals surface area contributed by atoms with Gasteiger partial charge in [-0.3, -0.25) is 9.59 Å². The second-order valence-corrected chi connectivity index (χ2v) is 5.71. The van der Waals surface area contributed by atoms with Crippen LogP contribution in [0.2, 0.25) is 0 Å². The maximum absolute atomic E-state index is 12.1. The van der Waals surface area contributed by atoms with Crippen LogP contribution in [0.4, 0.5) is 0 Å². The van der Waals surface area contributed by atoms with Crippen molar-refractivity contribution in [3.8, 4) is 0 Å². The predicted octanol–water partition coefficient (Wildman–Crippen LogP) is 1.06. The van der Waals surface area contributed by atoms with Gasteiger partial charge >= 0.3 is 5.97 Å². The summed E-state index contributed by atoms with van der Waals surface area (Å²) in [6.45, 7) is 1.66. The molecule has 1 aliphatic heterocycles. The lowest BCUT2D eigenvalue weighted by molar-refractivity contribution is -0.141. The Morgan fingerprint density at radius 1 is 1.12 bits per heavy atom. The Morgan fingerprint density at radius 2 is 1.75 bits per heavy atom. The van der Waals surface area contributed by atoms with Gasteiger partial charge in [0.05, 0.1) is 5.92 Å². The van der Waals surface area contributed by atoms with Crippen molar-refractivity contribution in [3.63, 3.8) is 0 Å². The van der Waals surface area contributed by atoms with Crippen molar-refractivity contribution in [2.45, 2.75) is 19.3 Å². The molecule has 0 radical (unpaired) electrons. The summed E-state index contributed by atoms with van der Waals surface area (Å²) in [6.07, 6.45) is 1.95. The Labute approximate surface area is 99.4 Å². The highest BCUT2D eigenvalue weighted by Gasteiger charge is 2.36. The fourth-order valence-corrected chi connectivity index (χ4v) is 3.38.